The third-order valence-electron chi connectivity index (χ3n) is 4.65. The zero-order chi connectivity index (χ0) is 21.6. The molecule has 0 spiro atoms. The van der Waals surface area contributed by atoms with Crippen LogP contribution in [-0.4, -0.2) is 17.9 Å². The summed E-state index contributed by atoms with van der Waals surface area (Å²) in [4.78, 5) is 18.0. The molecule has 1 heterocycles. The molecule has 0 saturated heterocycles. The van der Waals surface area contributed by atoms with Crippen molar-refractivity contribution in [3.63, 3.8) is 0 Å². The van der Waals surface area contributed by atoms with Crippen molar-refractivity contribution in [3.8, 4) is 11.5 Å². The van der Waals surface area contributed by atoms with E-state index in [0.29, 0.717) is 28.0 Å². The highest BCUT2D eigenvalue weighted by atomic mass is 16.5. The SMILES string of the molecule is C/C=C/Oc1ccc(C(=O)/C(=C\c2ccc(OC)cc2)c2nc3ccccc3o2)cc1. The summed E-state index contributed by atoms with van der Waals surface area (Å²) in [6, 6.07) is 21.8. The predicted molar refractivity (Wildman–Crippen MR) is 121 cm³/mol. The molecule has 0 aliphatic heterocycles. The first-order chi connectivity index (χ1) is 15.2. The monoisotopic (exact) mass is 411 g/mol. The van der Waals surface area contributed by atoms with E-state index in [2.05, 4.69) is 4.98 Å². The maximum Gasteiger partial charge on any atom is 0.231 e. The highest BCUT2D eigenvalue weighted by molar-refractivity contribution is 6.31. The number of allylic oxidation sites excluding steroid dienone is 2. The topological polar surface area (TPSA) is 61.6 Å². The second-order valence-corrected chi connectivity index (χ2v) is 6.76. The fourth-order valence-electron chi connectivity index (χ4n) is 3.07. The van der Waals surface area contributed by atoms with Crippen LogP contribution >= 0.6 is 0 Å². The molecule has 0 saturated carbocycles. The number of hydrogen-bond acceptors (Lipinski definition) is 5. The van der Waals surface area contributed by atoms with Gasteiger partial charge in [0.2, 0.25) is 5.89 Å². The average molecular weight is 411 g/mol. The smallest absolute Gasteiger partial charge is 0.231 e. The van der Waals surface area contributed by atoms with E-state index in [9.17, 15) is 4.79 Å². The van der Waals surface area contributed by atoms with Gasteiger partial charge in [-0.2, -0.15) is 0 Å². The molecule has 0 atom stereocenters. The Morgan fingerprint density at radius 3 is 2.32 bits per heavy atom. The minimum Gasteiger partial charge on any atom is -0.497 e. The summed E-state index contributed by atoms with van der Waals surface area (Å²) in [6.07, 6.45) is 5.16. The van der Waals surface area contributed by atoms with Crippen LogP contribution in [0.4, 0.5) is 0 Å². The first-order valence-electron chi connectivity index (χ1n) is 9.82. The van der Waals surface area contributed by atoms with Crippen molar-refractivity contribution < 1.29 is 18.7 Å². The van der Waals surface area contributed by atoms with Crippen LogP contribution < -0.4 is 9.47 Å². The van der Waals surface area contributed by atoms with Gasteiger partial charge in [0.1, 0.15) is 17.0 Å². The molecular weight excluding hydrogens is 390 g/mol. The van der Waals surface area contributed by atoms with Gasteiger partial charge < -0.3 is 13.9 Å². The number of ether oxygens (including phenoxy) is 2. The number of aromatic nitrogens is 1. The van der Waals surface area contributed by atoms with E-state index in [1.54, 1.807) is 49.8 Å². The first kappa shape index (κ1) is 20.2. The molecule has 4 rings (SSSR count). The Morgan fingerprint density at radius 1 is 0.935 bits per heavy atom. The van der Waals surface area contributed by atoms with Gasteiger partial charge in [0, 0.05) is 5.56 Å². The molecule has 0 N–H and O–H groups in total. The quantitative estimate of drug-likeness (QED) is 0.207. The van der Waals surface area contributed by atoms with Crippen LogP contribution in [0.25, 0.3) is 22.7 Å². The fourth-order valence-corrected chi connectivity index (χ4v) is 3.07. The van der Waals surface area contributed by atoms with Gasteiger partial charge in [-0.15, -0.1) is 0 Å². The molecule has 5 heteroatoms. The van der Waals surface area contributed by atoms with Gasteiger partial charge in [-0.3, -0.25) is 4.79 Å². The van der Waals surface area contributed by atoms with Crippen LogP contribution in [0.3, 0.4) is 0 Å². The van der Waals surface area contributed by atoms with Crippen molar-refractivity contribution in [2.75, 3.05) is 7.11 Å². The number of carbonyl (C=O) groups excluding carboxylic acids is 1. The highest BCUT2D eigenvalue weighted by Crippen LogP contribution is 2.27. The molecule has 1 aromatic heterocycles. The first-order valence-corrected chi connectivity index (χ1v) is 9.82. The lowest BCUT2D eigenvalue weighted by Crippen LogP contribution is -2.03. The van der Waals surface area contributed by atoms with Gasteiger partial charge in [0.15, 0.2) is 11.4 Å². The second kappa shape index (κ2) is 9.13. The minimum atomic E-state index is -0.194. The number of rotatable bonds is 7. The fraction of sp³-hybridized carbons (Fsp3) is 0.0769. The summed E-state index contributed by atoms with van der Waals surface area (Å²) >= 11 is 0. The van der Waals surface area contributed by atoms with Crippen LogP contribution in [0.1, 0.15) is 28.7 Å². The molecule has 5 nitrogen and oxygen atoms in total. The zero-order valence-corrected chi connectivity index (χ0v) is 17.2. The van der Waals surface area contributed by atoms with E-state index < -0.39 is 0 Å². The van der Waals surface area contributed by atoms with E-state index in [0.717, 1.165) is 11.3 Å². The summed E-state index contributed by atoms with van der Waals surface area (Å²) in [5, 5.41) is 0. The number of carbonyl (C=O) groups is 1. The number of nitrogens with zero attached hydrogens (tertiary/aromatic N) is 1. The maximum atomic E-state index is 13.4. The molecule has 4 aromatic rings. The largest absolute Gasteiger partial charge is 0.497 e. The van der Waals surface area contributed by atoms with Crippen LogP contribution in [0.5, 0.6) is 11.5 Å². The molecule has 3 aromatic carbocycles. The van der Waals surface area contributed by atoms with Gasteiger partial charge in [-0.1, -0.05) is 30.3 Å². The predicted octanol–water partition coefficient (Wildman–Crippen LogP) is 6.17. The molecule has 0 bridgehead atoms. The molecule has 0 radical (unpaired) electrons. The molecular formula is C26H21NO4. The van der Waals surface area contributed by atoms with E-state index in [1.807, 2.05) is 55.5 Å². The summed E-state index contributed by atoms with van der Waals surface area (Å²) in [5.74, 6) is 1.47. The standard InChI is InChI=1S/C26H21NO4/c1-3-16-30-21-14-10-19(11-15-21)25(28)22(17-18-8-12-20(29-2)13-9-18)26-27-23-6-4-5-7-24(23)31-26/h3-17H,1-2H3/b16-3+,22-17+. The third kappa shape index (κ3) is 4.56. The van der Waals surface area contributed by atoms with Crippen molar-refractivity contribution >= 4 is 28.5 Å². The van der Waals surface area contributed by atoms with Crippen LogP contribution in [0.15, 0.2) is 89.6 Å². The summed E-state index contributed by atoms with van der Waals surface area (Å²) in [7, 11) is 1.61. The highest BCUT2D eigenvalue weighted by Gasteiger charge is 2.20. The Balaban J connectivity index is 1.75. The number of hydrogen-bond donors (Lipinski definition) is 0. The summed E-state index contributed by atoms with van der Waals surface area (Å²) in [6.45, 7) is 1.87. The molecule has 0 fully saturated rings. The number of benzene rings is 3. The summed E-state index contributed by atoms with van der Waals surface area (Å²) < 4.78 is 16.6. The lowest BCUT2D eigenvalue weighted by Gasteiger charge is -2.06. The van der Waals surface area contributed by atoms with E-state index >= 15 is 0 Å². The lowest BCUT2D eigenvalue weighted by atomic mass is 10.0. The van der Waals surface area contributed by atoms with Gasteiger partial charge in [-0.25, -0.2) is 4.98 Å². The normalized spacial score (nSPS) is 11.7. The van der Waals surface area contributed by atoms with Gasteiger partial charge in [-0.05, 0) is 67.1 Å². The number of ketones is 1. The lowest BCUT2D eigenvalue weighted by molar-refractivity contribution is 0.105. The Labute approximate surface area is 180 Å². The second-order valence-electron chi connectivity index (χ2n) is 6.76. The van der Waals surface area contributed by atoms with Crippen LogP contribution in [-0.2, 0) is 0 Å². The Morgan fingerprint density at radius 2 is 1.65 bits per heavy atom. The number of oxazole rings is 1. The van der Waals surface area contributed by atoms with Crippen LogP contribution in [0, 0.1) is 0 Å². The Hall–Kier alpha value is -4.12. The molecule has 0 aliphatic rings. The zero-order valence-electron chi connectivity index (χ0n) is 17.2. The molecule has 0 unspecified atom stereocenters. The number of methoxy groups -OCH3 is 1. The van der Waals surface area contributed by atoms with Gasteiger partial charge in [0.05, 0.1) is 18.9 Å². The van der Waals surface area contributed by atoms with Gasteiger partial charge >= 0.3 is 0 Å². The number of fused-ring (bicyclic) bond motifs is 1. The van der Waals surface area contributed by atoms with E-state index in [1.165, 1.54) is 0 Å². The third-order valence-corrected chi connectivity index (χ3v) is 4.65. The Bertz CT molecular complexity index is 1220. The van der Waals surface area contributed by atoms with E-state index in [4.69, 9.17) is 13.9 Å². The van der Waals surface area contributed by atoms with Gasteiger partial charge in [0.25, 0.3) is 0 Å². The number of para-hydroxylation sites is 2. The maximum absolute atomic E-state index is 13.4. The molecule has 0 amide bonds. The van der Waals surface area contributed by atoms with Crippen molar-refractivity contribution in [2.45, 2.75) is 6.92 Å². The van der Waals surface area contributed by atoms with Crippen molar-refractivity contribution in [2.24, 2.45) is 0 Å². The molecule has 31 heavy (non-hydrogen) atoms. The summed E-state index contributed by atoms with van der Waals surface area (Å²) in [5.41, 5.74) is 3.03. The number of Topliss-reactive ketones (excluding diaryl/α,β-unsaturated/α-hetero) is 1. The van der Waals surface area contributed by atoms with Crippen LogP contribution in [0.2, 0.25) is 0 Å². The Kier molecular flexibility index (Phi) is 5.94. The average Bonchev–Trinajstić information content (AvgIpc) is 3.25. The molecule has 0 aliphatic carbocycles. The minimum absolute atomic E-state index is 0.194. The van der Waals surface area contributed by atoms with Crippen molar-refractivity contribution in [1.82, 2.24) is 4.98 Å². The van der Waals surface area contributed by atoms with Crippen molar-refractivity contribution in [3.05, 3.63) is 102 Å². The van der Waals surface area contributed by atoms with Crippen molar-refractivity contribution in [1.29, 1.82) is 0 Å². The van der Waals surface area contributed by atoms with E-state index in [-0.39, 0.29) is 11.7 Å². The molecule has 154 valence electrons.